The van der Waals surface area contributed by atoms with Crippen LogP contribution in [0.2, 0.25) is 10.0 Å². The molecular weight excluding hydrogens is 701 g/mol. The zero-order valence-corrected chi connectivity index (χ0v) is 32.0. The summed E-state index contributed by atoms with van der Waals surface area (Å²) in [7, 11) is 0. The molecule has 44 heavy (non-hydrogen) atoms. The molecule has 0 nitrogen and oxygen atoms in total. The van der Waals surface area contributed by atoms with E-state index in [1.807, 2.05) is 12.1 Å². The summed E-state index contributed by atoms with van der Waals surface area (Å²) in [6.07, 6.45) is 6.99. The molecule has 0 bridgehead atoms. The fraction of sp³-hybridized carbons (Fsp3) is 0.256. The molecular formula is C39H42Cl4Zr. The summed E-state index contributed by atoms with van der Waals surface area (Å²) in [5.74, 6) is 0.279. The third kappa shape index (κ3) is 5.30. The third-order valence-corrected chi connectivity index (χ3v) is 27.0. The predicted molar refractivity (Wildman–Crippen MR) is 197 cm³/mol. The maximum atomic E-state index is 6.89. The van der Waals surface area contributed by atoms with E-state index in [0.29, 0.717) is 0 Å². The molecule has 1 atom stereocenters. The molecule has 0 N–H and O–H groups in total. The molecule has 0 aliphatic heterocycles. The van der Waals surface area contributed by atoms with Gasteiger partial charge in [0.15, 0.2) is 0 Å². The summed E-state index contributed by atoms with van der Waals surface area (Å²) in [5.41, 5.74) is 9.53. The predicted octanol–water partition coefficient (Wildman–Crippen LogP) is 10.3. The van der Waals surface area contributed by atoms with Gasteiger partial charge < -0.3 is 0 Å². The van der Waals surface area contributed by atoms with E-state index >= 15 is 0 Å². The van der Waals surface area contributed by atoms with Crippen LogP contribution in [0.25, 0.3) is 11.1 Å². The van der Waals surface area contributed by atoms with Crippen LogP contribution >= 0.6 is 48.0 Å². The number of halogens is 4. The van der Waals surface area contributed by atoms with Crippen LogP contribution in [-0.4, -0.2) is 4.21 Å². The van der Waals surface area contributed by atoms with Crippen molar-refractivity contribution < 1.29 is 18.3 Å². The van der Waals surface area contributed by atoms with E-state index in [4.69, 9.17) is 27.4 Å². The number of benzene rings is 4. The van der Waals surface area contributed by atoms with Crippen LogP contribution in [0.4, 0.5) is 0 Å². The van der Waals surface area contributed by atoms with Gasteiger partial charge in [-0.15, -0.1) is 24.8 Å². The van der Waals surface area contributed by atoms with Crippen molar-refractivity contribution in [3.8, 4) is 11.1 Å². The van der Waals surface area contributed by atoms with Gasteiger partial charge in [-0.25, -0.2) is 0 Å². The van der Waals surface area contributed by atoms with Gasteiger partial charge in [-0.3, -0.25) is 0 Å². The van der Waals surface area contributed by atoms with Crippen molar-refractivity contribution in [2.24, 2.45) is 11.3 Å². The minimum atomic E-state index is -5.05. The van der Waals surface area contributed by atoms with E-state index in [-0.39, 0.29) is 36.1 Å². The van der Waals surface area contributed by atoms with Crippen molar-refractivity contribution >= 4 is 62.0 Å². The van der Waals surface area contributed by atoms with Crippen LogP contribution in [0.3, 0.4) is 0 Å². The Hall–Kier alpha value is -1.73. The maximum absolute atomic E-state index is 6.89. The molecule has 4 aromatic rings. The van der Waals surface area contributed by atoms with Crippen LogP contribution in [-0.2, 0) is 24.7 Å². The van der Waals surface area contributed by atoms with Crippen molar-refractivity contribution in [1.29, 1.82) is 0 Å². The molecule has 0 heterocycles. The van der Waals surface area contributed by atoms with Crippen molar-refractivity contribution in [1.82, 2.24) is 0 Å². The molecule has 5 heteroatoms. The van der Waals surface area contributed by atoms with Crippen LogP contribution in [0.15, 0.2) is 99.9 Å². The van der Waals surface area contributed by atoms with Gasteiger partial charge in [0.1, 0.15) is 0 Å². The average molecular weight is 744 g/mol. The van der Waals surface area contributed by atoms with E-state index in [2.05, 4.69) is 120 Å². The molecule has 0 amide bonds. The van der Waals surface area contributed by atoms with E-state index in [9.17, 15) is 0 Å². The Bertz CT molecular complexity index is 1840. The Kier molecular flexibility index (Phi) is 9.96. The number of fused-ring (bicyclic) bond motifs is 3. The fourth-order valence-corrected chi connectivity index (χ4v) is 26.3. The molecule has 2 aliphatic carbocycles. The van der Waals surface area contributed by atoms with E-state index in [1.165, 1.54) is 52.0 Å². The second-order valence-electron chi connectivity index (χ2n) is 13.6. The van der Waals surface area contributed by atoms with Crippen molar-refractivity contribution in [3.63, 3.8) is 0 Å². The van der Waals surface area contributed by atoms with Gasteiger partial charge in [0.25, 0.3) is 0 Å². The zero-order chi connectivity index (χ0) is 30.1. The van der Waals surface area contributed by atoms with Crippen molar-refractivity contribution in [2.45, 2.75) is 54.4 Å². The first-order chi connectivity index (χ1) is 19.9. The van der Waals surface area contributed by atoms with Gasteiger partial charge >= 0.3 is 265 Å². The summed E-state index contributed by atoms with van der Waals surface area (Å²) < 4.78 is 11.2. The average Bonchev–Trinajstić information content (AvgIpc) is 3.55. The van der Waals surface area contributed by atoms with Gasteiger partial charge in [-0.1, -0.05) is 0 Å². The quantitative estimate of drug-likeness (QED) is 0.168. The topological polar surface area (TPSA) is 0 Å². The van der Waals surface area contributed by atoms with Crippen LogP contribution < -0.4 is 9.81 Å². The first kappa shape index (κ1) is 35.1. The summed E-state index contributed by atoms with van der Waals surface area (Å²) in [5, 5.41) is 1.50. The molecule has 230 valence electrons. The Balaban J connectivity index is 0.00000221. The van der Waals surface area contributed by atoms with Crippen LogP contribution in [0, 0.1) is 25.2 Å². The van der Waals surface area contributed by atoms with Gasteiger partial charge in [0, 0.05) is 0 Å². The Labute approximate surface area is 287 Å². The molecule has 0 spiro atoms. The molecule has 0 radical (unpaired) electrons. The number of aryl methyl sites for hydroxylation is 2. The summed E-state index contributed by atoms with van der Waals surface area (Å²) in [6, 6.07) is 28.8. The standard InChI is InChI=1S/C15H13.C11H17.2C6H4Cl.CH2.2ClH.Zr/c1-10-3-5-14-12(7-10)9-13-8-11(2)4-6-15(13)14;1-5-9-6-7-10(8-9)11(2,3)4;2*7-6-4-2-1-3-5-6;;;;/h3-7H,9H2,1-2H3;7-9H,5H2,1-4H3;2*1-2,4-5H;1H2;2*1H;. The summed E-state index contributed by atoms with van der Waals surface area (Å²) >= 11 is 8.73. The van der Waals surface area contributed by atoms with Crippen molar-refractivity contribution in [2.75, 3.05) is 0 Å². The second-order valence-corrected chi connectivity index (χ2v) is 27.1. The first-order valence-corrected chi connectivity index (χ1v) is 22.5. The van der Waals surface area contributed by atoms with Gasteiger partial charge in [0.2, 0.25) is 0 Å². The molecule has 4 aromatic carbocycles. The fourth-order valence-electron chi connectivity index (χ4n) is 7.89. The molecule has 0 saturated heterocycles. The first-order valence-electron chi connectivity index (χ1n) is 15.1. The van der Waals surface area contributed by atoms with Crippen molar-refractivity contribution in [3.05, 3.63) is 132 Å². The number of hydrogen-bond acceptors (Lipinski definition) is 0. The van der Waals surface area contributed by atoms with E-state index in [1.54, 1.807) is 0 Å². The molecule has 1 unspecified atom stereocenters. The van der Waals surface area contributed by atoms with Gasteiger partial charge in [0.05, 0.1) is 0 Å². The summed E-state index contributed by atoms with van der Waals surface area (Å²) in [6.45, 7) is 13.8. The molecule has 6 rings (SSSR count). The number of allylic oxidation sites excluding steroid dienone is 4. The molecule has 0 aromatic heterocycles. The van der Waals surface area contributed by atoms with E-state index in [0.717, 1.165) is 22.9 Å². The summed E-state index contributed by atoms with van der Waals surface area (Å²) in [4.78, 5) is 0. The Morgan fingerprint density at radius 2 is 1.41 bits per heavy atom. The van der Waals surface area contributed by atoms with E-state index < -0.39 is 18.3 Å². The Morgan fingerprint density at radius 3 is 1.95 bits per heavy atom. The van der Waals surface area contributed by atoms with Crippen LogP contribution in [0.1, 0.15) is 56.4 Å². The number of hydrogen-bond donors (Lipinski definition) is 0. The molecule has 2 aliphatic rings. The molecule has 0 fully saturated rings. The van der Waals surface area contributed by atoms with Gasteiger partial charge in [-0.05, 0) is 0 Å². The second kappa shape index (κ2) is 12.5. The third-order valence-electron chi connectivity index (χ3n) is 9.95. The monoisotopic (exact) mass is 740 g/mol. The minimum absolute atomic E-state index is 0. The number of rotatable bonds is 5. The SMILES string of the molecule is Cl.Cl.[CH2]=[Zr]([C]1=CC(C(C)(C)C)=CC1CC)([c]1cccc(Cl)c1)([c]1cccc(Cl)c1)[c]1c(C)ccc2c1Cc1cc(C)ccc1-2. The Morgan fingerprint density at radius 1 is 0.818 bits per heavy atom. The van der Waals surface area contributed by atoms with Crippen LogP contribution in [0.5, 0.6) is 0 Å². The zero-order valence-electron chi connectivity index (χ0n) is 26.4. The normalized spacial score (nSPS) is 15.9. The molecule has 0 saturated carbocycles. The van der Waals surface area contributed by atoms with Gasteiger partial charge in [-0.2, -0.15) is 0 Å².